The van der Waals surface area contributed by atoms with E-state index < -0.39 is 0 Å². The van der Waals surface area contributed by atoms with Gasteiger partial charge in [0.25, 0.3) is 0 Å². The van der Waals surface area contributed by atoms with Crippen LogP contribution in [0.2, 0.25) is 5.15 Å². The maximum Gasteiger partial charge on any atom is 0.130 e. The lowest BCUT2D eigenvalue weighted by Crippen LogP contribution is -1.93. The highest BCUT2D eigenvalue weighted by molar-refractivity contribution is 6.29. The molecule has 0 radical (unpaired) electrons. The van der Waals surface area contributed by atoms with E-state index in [9.17, 15) is 0 Å². The molecule has 1 N–H and O–H groups in total. The van der Waals surface area contributed by atoms with Crippen molar-refractivity contribution in [2.24, 2.45) is 7.05 Å². The zero-order valence-corrected chi connectivity index (χ0v) is 7.91. The average Bonchev–Trinajstić information content (AvgIpc) is 2.46. The number of aliphatic hydroxyl groups is 1. The van der Waals surface area contributed by atoms with Gasteiger partial charge in [0.2, 0.25) is 0 Å². The van der Waals surface area contributed by atoms with Crippen molar-refractivity contribution in [3.8, 4) is 0 Å². The first kappa shape index (κ1) is 8.53. The third-order valence-electron chi connectivity index (χ3n) is 2.05. The van der Waals surface area contributed by atoms with Crippen LogP contribution in [0.15, 0.2) is 18.3 Å². The molecule has 68 valence electrons. The Morgan fingerprint density at radius 3 is 3.08 bits per heavy atom. The molecular formula is C9H9ClN2O. The molecule has 0 aliphatic carbocycles. The van der Waals surface area contributed by atoms with Gasteiger partial charge in [-0.1, -0.05) is 11.6 Å². The molecule has 0 fully saturated rings. The molecule has 2 rings (SSSR count). The maximum atomic E-state index is 9.10. The molecule has 2 aromatic rings. The van der Waals surface area contributed by atoms with Crippen LogP contribution in [0.1, 0.15) is 5.56 Å². The summed E-state index contributed by atoms with van der Waals surface area (Å²) in [7, 11) is 1.91. The molecule has 0 aliphatic heterocycles. The van der Waals surface area contributed by atoms with Crippen molar-refractivity contribution in [2.45, 2.75) is 6.61 Å². The van der Waals surface area contributed by atoms with Crippen LogP contribution in [0.4, 0.5) is 0 Å². The number of aliphatic hydroxyl groups excluding tert-OH is 1. The minimum absolute atomic E-state index is 0.0173. The van der Waals surface area contributed by atoms with Crippen molar-refractivity contribution in [3.05, 3.63) is 29.0 Å². The molecule has 2 aromatic heterocycles. The quantitative estimate of drug-likeness (QED) is 0.706. The molecule has 0 saturated heterocycles. The van der Waals surface area contributed by atoms with Crippen molar-refractivity contribution in [1.29, 1.82) is 0 Å². The third-order valence-corrected chi connectivity index (χ3v) is 2.24. The van der Waals surface area contributed by atoms with Gasteiger partial charge >= 0.3 is 0 Å². The molecule has 0 atom stereocenters. The van der Waals surface area contributed by atoms with E-state index in [1.54, 1.807) is 6.07 Å². The number of rotatable bonds is 1. The molecule has 0 bridgehead atoms. The van der Waals surface area contributed by atoms with Crippen molar-refractivity contribution in [2.75, 3.05) is 0 Å². The van der Waals surface area contributed by atoms with E-state index in [1.807, 2.05) is 23.9 Å². The Morgan fingerprint density at radius 1 is 1.62 bits per heavy atom. The lowest BCUT2D eigenvalue weighted by molar-refractivity contribution is 0.283. The van der Waals surface area contributed by atoms with Crippen LogP contribution in [0.25, 0.3) is 11.0 Å². The van der Waals surface area contributed by atoms with Crippen LogP contribution < -0.4 is 0 Å². The van der Waals surface area contributed by atoms with Gasteiger partial charge in [-0.05, 0) is 12.1 Å². The minimum atomic E-state index is -0.0173. The highest BCUT2D eigenvalue weighted by atomic mass is 35.5. The first-order valence-corrected chi connectivity index (χ1v) is 4.31. The molecule has 0 saturated carbocycles. The SMILES string of the molecule is Cn1ccc2nc(Cl)cc(CO)c21. The number of aromatic nitrogens is 2. The summed E-state index contributed by atoms with van der Waals surface area (Å²) in [6.45, 7) is -0.0173. The third kappa shape index (κ3) is 1.30. The largest absolute Gasteiger partial charge is 0.392 e. The van der Waals surface area contributed by atoms with Gasteiger partial charge in [0.1, 0.15) is 5.15 Å². The standard InChI is InChI=1S/C9H9ClN2O/c1-12-3-2-7-9(12)6(5-13)4-8(10)11-7/h2-4,13H,5H2,1H3. The second-order valence-corrected chi connectivity index (χ2v) is 3.31. The monoisotopic (exact) mass is 196 g/mol. The minimum Gasteiger partial charge on any atom is -0.392 e. The molecule has 2 heterocycles. The Hall–Kier alpha value is -1.06. The number of nitrogens with zero attached hydrogens (tertiary/aromatic N) is 2. The second kappa shape index (κ2) is 3.01. The summed E-state index contributed by atoms with van der Waals surface area (Å²) in [5, 5.41) is 9.52. The maximum absolute atomic E-state index is 9.10. The topological polar surface area (TPSA) is 38.0 Å². The van der Waals surface area contributed by atoms with E-state index in [1.165, 1.54) is 0 Å². The van der Waals surface area contributed by atoms with Crippen molar-refractivity contribution in [1.82, 2.24) is 9.55 Å². The zero-order chi connectivity index (χ0) is 9.42. The van der Waals surface area contributed by atoms with Crippen LogP contribution in [0.3, 0.4) is 0 Å². The molecule has 0 amide bonds. The fourth-order valence-electron chi connectivity index (χ4n) is 1.48. The molecule has 0 aromatic carbocycles. The summed E-state index contributed by atoms with van der Waals surface area (Å²) in [4.78, 5) is 4.14. The number of fused-ring (bicyclic) bond motifs is 1. The summed E-state index contributed by atoms with van der Waals surface area (Å²) in [5.74, 6) is 0. The first-order chi connectivity index (χ1) is 6.22. The second-order valence-electron chi connectivity index (χ2n) is 2.92. The van der Waals surface area contributed by atoms with Gasteiger partial charge < -0.3 is 9.67 Å². The van der Waals surface area contributed by atoms with Crippen molar-refractivity contribution >= 4 is 22.6 Å². The lowest BCUT2D eigenvalue weighted by atomic mass is 10.2. The number of aryl methyl sites for hydroxylation is 1. The van der Waals surface area contributed by atoms with Crippen LogP contribution in [0.5, 0.6) is 0 Å². The average molecular weight is 197 g/mol. The number of hydrogen-bond acceptors (Lipinski definition) is 2. The van der Waals surface area contributed by atoms with E-state index in [-0.39, 0.29) is 6.61 Å². The van der Waals surface area contributed by atoms with E-state index in [0.717, 1.165) is 16.6 Å². The fraction of sp³-hybridized carbons (Fsp3) is 0.222. The summed E-state index contributed by atoms with van der Waals surface area (Å²) in [5.41, 5.74) is 2.56. The molecule has 0 unspecified atom stereocenters. The molecule has 0 aliphatic rings. The highest BCUT2D eigenvalue weighted by Gasteiger charge is 2.06. The van der Waals surface area contributed by atoms with Gasteiger partial charge in [-0.25, -0.2) is 4.98 Å². The number of pyridine rings is 1. The lowest BCUT2D eigenvalue weighted by Gasteiger charge is -2.02. The van der Waals surface area contributed by atoms with Gasteiger partial charge in [-0.15, -0.1) is 0 Å². The van der Waals surface area contributed by atoms with Gasteiger partial charge in [0.05, 0.1) is 17.6 Å². The van der Waals surface area contributed by atoms with E-state index in [4.69, 9.17) is 16.7 Å². The number of halogens is 1. The van der Waals surface area contributed by atoms with Crippen LogP contribution in [-0.4, -0.2) is 14.7 Å². The highest BCUT2D eigenvalue weighted by Crippen LogP contribution is 2.21. The summed E-state index contributed by atoms with van der Waals surface area (Å²) in [6.07, 6.45) is 1.90. The summed E-state index contributed by atoms with van der Waals surface area (Å²) >= 11 is 5.78. The predicted octanol–water partition coefficient (Wildman–Crippen LogP) is 1.72. The van der Waals surface area contributed by atoms with E-state index in [2.05, 4.69) is 4.98 Å². The molecule has 13 heavy (non-hydrogen) atoms. The van der Waals surface area contributed by atoms with E-state index >= 15 is 0 Å². The summed E-state index contributed by atoms with van der Waals surface area (Å²) in [6, 6.07) is 3.56. The molecule has 3 nitrogen and oxygen atoms in total. The molecular weight excluding hydrogens is 188 g/mol. The van der Waals surface area contributed by atoms with E-state index in [0.29, 0.717) is 5.15 Å². The molecule has 4 heteroatoms. The smallest absolute Gasteiger partial charge is 0.130 e. The Balaban J connectivity index is 2.85. The van der Waals surface area contributed by atoms with Gasteiger partial charge in [0.15, 0.2) is 0 Å². The Kier molecular flexibility index (Phi) is 1.98. The Morgan fingerprint density at radius 2 is 2.38 bits per heavy atom. The Labute approximate surface area is 80.6 Å². The van der Waals surface area contributed by atoms with Gasteiger partial charge in [-0.2, -0.15) is 0 Å². The Bertz CT molecular complexity index is 450. The van der Waals surface area contributed by atoms with Crippen LogP contribution >= 0.6 is 11.6 Å². The van der Waals surface area contributed by atoms with Crippen LogP contribution in [-0.2, 0) is 13.7 Å². The normalized spacial score (nSPS) is 11.0. The van der Waals surface area contributed by atoms with Crippen LogP contribution in [0, 0.1) is 0 Å². The first-order valence-electron chi connectivity index (χ1n) is 3.93. The van der Waals surface area contributed by atoms with Gasteiger partial charge in [-0.3, -0.25) is 0 Å². The zero-order valence-electron chi connectivity index (χ0n) is 7.16. The van der Waals surface area contributed by atoms with Gasteiger partial charge in [0, 0.05) is 18.8 Å². The predicted molar refractivity (Wildman–Crippen MR) is 51.6 cm³/mol. The fourth-order valence-corrected chi connectivity index (χ4v) is 1.70. The molecule has 0 spiro atoms. The van der Waals surface area contributed by atoms with Crippen molar-refractivity contribution < 1.29 is 5.11 Å². The number of hydrogen-bond donors (Lipinski definition) is 1. The summed E-state index contributed by atoms with van der Waals surface area (Å²) < 4.78 is 1.92. The van der Waals surface area contributed by atoms with Crippen molar-refractivity contribution in [3.63, 3.8) is 0 Å².